The summed E-state index contributed by atoms with van der Waals surface area (Å²) in [4.78, 5) is 23.3. The van der Waals surface area contributed by atoms with Crippen LogP contribution in [0.1, 0.15) is 40.7 Å². The Hall–Kier alpha value is -3.06. The predicted molar refractivity (Wildman–Crippen MR) is 109 cm³/mol. The second-order valence-corrected chi connectivity index (χ2v) is 7.31. The molecule has 0 aliphatic carbocycles. The summed E-state index contributed by atoms with van der Waals surface area (Å²) in [6.45, 7) is 1.94. The van der Waals surface area contributed by atoms with Crippen LogP contribution in [0.25, 0.3) is 0 Å². The summed E-state index contributed by atoms with van der Waals surface area (Å²) in [5.74, 6) is 0.588. The first kappa shape index (κ1) is 19.7. The fraction of sp³-hybridized carbons (Fsp3) is 0.238. The fourth-order valence-corrected chi connectivity index (χ4v) is 3.33. The summed E-state index contributed by atoms with van der Waals surface area (Å²) in [6.07, 6.45) is 1.61. The van der Waals surface area contributed by atoms with Gasteiger partial charge in [0.1, 0.15) is 10.8 Å². The Labute approximate surface area is 167 Å². The Morgan fingerprint density at radius 1 is 1.04 bits per heavy atom. The zero-order chi connectivity index (χ0) is 19.8. The Bertz CT molecular complexity index is 924. The first-order valence-electron chi connectivity index (χ1n) is 9.00. The van der Waals surface area contributed by atoms with Crippen LogP contribution >= 0.6 is 11.3 Å². The number of ether oxygens (including phenoxy) is 1. The molecule has 0 saturated carbocycles. The molecule has 28 heavy (non-hydrogen) atoms. The molecule has 1 N–H and O–H groups in total. The molecule has 0 atom stereocenters. The molecule has 2 aromatic carbocycles. The lowest BCUT2D eigenvalue weighted by molar-refractivity contribution is -0.116. The molecule has 0 radical (unpaired) electrons. The second-order valence-electron chi connectivity index (χ2n) is 6.24. The lowest BCUT2D eigenvalue weighted by Crippen LogP contribution is -2.12. The van der Waals surface area contributed by atoms with Crippen molar-refractivity contribution < 1.29 is 14.3 Å². The highest BCUT2D eigenvalue weighted by Crippen LogP contribution is 2.19. The summed E-state index contributed by atoms with van der Waals surface area (Å²) in [5, 5.41) is 12.3. The molecule has 1 amide bonds. The highest BCUT2D eigenvalue weighted by atomic mass is 32.1. The van der Waals surface area contributed by atoms with Gasteiger partial charge >= 0.3 is 0 Å². The van der Waals surface area contributed by atoms with Crippen LogP contribution in [0.4, 0.5) is 5.13 Å². The average molecular weight is 395 g/mol. The van der Waals surface area contributed by atoms with Gasteiger partial charge < -0.3 is 10.1 Å². The number of nitrogens with one attached hydrogen (secondary N) is 1. The van der Waals surface area contributed by atoms with Crippen LogP contribution in [0.3, 0.4) is 0 Å². The number of carbonyl (C=O) groups is 2. The molecule has 0 bridgehead atoms. The molecule has 1 aromatic heterocycles. The van der Waals surface area contributed by atoms with Crippen LogP contribution in [-0.2, 0) is 11.2 Å². The van der Waals surface area contributed by atoms with E-state index in [4.69, 9.17) is 4.74 Å². The predicted octanol–water partition coefficient (Wildman–Crippen LogP) is 4.13. The van der Waals surface area contributed by atoms with E-state index in [9.17, 15) is 9.59 Å². The van der Waals surface area contributed by atoms with Crippen molar-refractivity contribution in [3.8, 4) is 5.75 Å². The number of ketones is 1. The van der Waals surface area contributed by atoms with Crippen LogP contribution in [-0.4, -0.2) is 28.5 Å². The average Bonchev–Trinajstić information content (AvgIpc) is 3.13. The molecule has 0 saturated heterocycles. The third-order valence-electron chi connectivity index (χ3n) is 3.99. The molecule has 3 rings (SSSR count). The van der Waals surface area contributed by atoms with Crippen molar-refractivity contribution in [2.75, 3.05) is 11.9 Å². The molecule has 0 aliphatic rings. The van der Waals surface area contributed by atoms with Gasteiger partial charge in [-0.3, -0.25) is 9.59 Å². The van der Waals surface area contributed by atoms with Gasteiger partial charge in [-0.25, -0.2) is 0 Å². The van der Waals surface area contributed by atoms with E-state index in [0.29, 0.717) is 42.3 Å². The maximum absolute atomic E-state index is 12.0. The van der Waals surface area contributed by atoms with E-state index in [-0.39, 0.29) is 11.7 Å². The topological polar surface area (TPSA) is 81.2 Å². The molecule has 0 unspecified atom stereocenters. The zero-order valence-corrected chi connectivity index (χ0v) is 16.4. The van der Waals surface area contributed by atoms with Crippen LogP contribution in [0.2, 0.25) is 0 Å². The lowest BCUT2D eigenvalue weighted by Gasteiger charge is -2.06. The quantitative estimate of drug-likeness (QED) is 0.435. The largest absolute Gasteiger partial charge is 0.494 e. The van der Waals surface area contributed by atoms with Crippen LogP contribution in [0.15, 0.2) is 54.6 Å². The van der Waals surface area contributed by atoms with E-state index >= 15 is 0 Å². The number of anilines is 1. The highest BCUT2D eigenvalue weighted by Gasteiger charge is 2.09. The van der Waals surface area contributed by atoms with E-state index in [2.05, 4.69) is 15.5 Å². The Kier molecular flexibility index (Phi) is 6.86. The van der Waals surface area contributed by atoms with Crippen LogP contribution < -0.4 is 10.1 Å². The number of aromatic nitrogens is 2. The smallest absolute Gasteiger partial charge is 0.226 e. The number of benzene rings is 2. The lowest BCUT2D eigenvalue weighted by atomic mass is 10.1. The standard InChI is InChI=1S/C21H21N3O3S/c1-15(25)17-9-11-18(12-10-17)27-13-5-8-19(26)22-21-24-23-20(28-21)14-16-6-3-2-4-7-16/h2-4,6-7,9-12H,5,8,13-14H2,1H3,(H,22,24,26). The van der Waals surface area contributed by atoms with Crippen molar-refractivity contribution in [2.24, 2.45) is 0 Å². The summed E-state index contributed by atoms with van der Waals surface area (Å²) in [6, 6.07) is 17.0. The SMILES string of the molecule is CC(=O)c1ccc(OCCCC(=O)Nc2nnc(Cc3ccccc3)s2)cc1. The summed E-state index contributed by atoms with van der Waals surface area (Å²) < 4.78 is 5.60. The van der Waals surface area contributed by atoms with E-state index in [1.54, 1.807) is 24.3 Å². The molecule has 1 heterocycles. The molecule has 0 spiro atoms. The molecular formula is C21H21N3O3S. The third-order valence-corrected chi connectivity index (χ3v) is 4.83. The van der Waals surface area contributed by atoms with Gasteiger partial charge in [-0.1, -0.05) is 41.7 Å². The second kappa shape index (κ2) is 9.75. The van der Waals surface area contributed by atoms with E-state index in [1.165, 1.54) is 18.3 Å². The van der Waals surface area contributed by atoms with Crippen molar-refractivity contribution in [1.82, 2.24) is 10.2 Å². The normalized spacial score (nSPS) is 10.5. The Balaban J connectivity index is 1.38. The van der Waals surface area contributed by atoms with Gasteiger partial charge in [-0.2, -0.15) is 0 Å². The van der Waals surface area contributed by atoms with Crippen molar-refractivity contribution in [1.29, 1.82) is 0 Å². The maximum atomic E-state index is 12.0. The number of hydrogen-bond donors (Lipinski definition) is 1. The van der Waals surface area contributed by atoms with Crippen LogP contribution in [0.5, 0.6) is 5.75 Å². The number of Topliss-reactive ketones (excluding diaryl/α,β-unsaturated/α-hetero) is 1. The van der Waals surface area contributed by atoms with Crippen molar-refractivity contribution >= 4 is 28.2 Å². The van der Waals surface area contributed by atoms with Gasteiger partial charge in [-0.05, 0) is 43.2 Å². The first-order chi connectivity index (χ1) is 13.6. The Morgan fingerprint density at radius 3 is 2.50 bits per heavy atom. The van der Waals surface area contributed by atoms with Gasteiger partial charge in [0.25, 0.3) is 0 Å². The fourth-order valence-electron chi connectivity index (χ4n) is 2.54. The number of hydrogen-bond acceptors (Lipinski definition) is 6. The van der Waals surface area contributed by atoms with Gasteiger partial charge in [0.05, 0.1) is 6.61 Å². The number of nitrogens with zero attached hydrogens (tertiary/aromatic N) is 2. The molecule has 3 aromatic rings. The number of amides is 1. The van der Waals surface area contributed by atoms with Crippen molar-refractivity contribution in [3.63, 3.8) is 0 Å². The monoisotopic (exact) mass is 395 g/mol. The van der Waals surface area contributed by atoms with E-state index < -0.39 is 0 Å². The Morgan fingerprint density at radius 2 is 1.79 bits per heavy atom. The van der Waals surface area contributed by atoms with Crippen molar-refractivity contribution in [3.05, 3.63) is 70.7 Å². The van der Waals surface area contributed by atoms with E-state index in [0.717, 1.165) is 10.6 Å². The van der Waals surface area contributed by atoms with Gasteiger partial charge in [0.2, 0.25) is 11.0 Å². The number of carbonyl (C=O) groups excluding carboxylic acids is 2. The van der Waals surface area contributed by atoms with Gasteiger partial charge in [-0.15, -0.1) is 10.2 Å². The van der Waals surface area contributed by atoms with Gasteiger partial charge in [0.15, 0.2) is 5.78 Å². The molecular weight excluding hydrogens is 374 g/mol. The van der Waals surface area contributed by atoms with Gasteiger partial charge in [0, 0.05) is 18.4 Å². The third kappa shape index (κ3) is 5.99. The maximum Gasteiger partial charge on any atom is 0.226 e. The van der Waals surface area contributed by atoms with Crippen LogP contribution in [0, 0.1) is 0 Å². The molecule has 0 fully saturated rings. The minimum atomic E-state index is -0.113. The first-order valence-corrected chi connectivity index (χ1v) is 9.82. The van der Waals surface area contributed by atoms with Crippen molar-refractivity contribution in [2.45, 2.75) is 26.2 Å². The molecule has 144 valence electrons. The van der Waals surface area contributed by atoms with E-state index in [1.807, 2.05) is 30.3 Å². The summed E-state index contributed by atoms with van der Waals surface area (Å²) in [5.41, 5.74) is 1.81. The highest BCUT2D eigenvalue weighted by molar-refractivity contribution is 7.15. The summed E-state index contributed by atoms with van der Waals surface area (Å²) in [7, 11) is 0. The minimum Gasteiger partial charge on any atom is -0.494 e. The molecule has 6 nitrogen and oxygen atoms in total. The summed E-state index contributed by atoms with van der Waals surface area (Å²) >= 11 is 1.38. The molecule has 7 heteroatoms. The zero-order valence-electron chi connectivity index (χ0n) is 15.6. The minimum absolute atomic E-state index is 0.0202. The molecule has 0 aliphatic heterocycles. The number of rotatable bonds is 9.